The van der Waals surface area contributed by atoms with Gasteiger partial charge in [0.1, 0.15) is 0 Å². The minimum atomic E-state index is -4.73. The van der Waals surface area contributed by atoms with Crippen LogP contribution in [0.2, 0.25) is 0 Å². The zero-order valence-corrected chi connectivity index (χ0v) is 12.4. The van der Waals surface area contributed by atoms with Gasteiger partial charge in [0, 0.05) is 30.3 Å². The van der Waals surface area contributed by atoms with Crippen molar-refractivity contribution in [3.05, 3.63) is 39.4 Å². The Hall–Kier alpha value is -2.65. The fraction of sp³-hybridized carbons (Fsp3) is 0.429. The molecule has 1 aliphatic rings. The number of hydrogen-bond acceptors (Lipinski definition) is 4. The van der Waals surface area contributed by atoms with Crippen molar-refractivity contribution in [2.24, 2.45) is 11.8 Å². The van der Waals surface area contributed by atoms with E-state index in [-0.39, 0.29) is 16.8 Å². The highest BCUT2D eigenvalue weighted by atomic mass is 19.4. The van der Waals surface area contributed by atoms with Crippen molar-refractivity contribution in [2.75, 3.05) is 13.1 Å². The summed E-state index contributed by atoms with van der Waals surface area (Å²) < 4.78 is 38.8. The van der Waals surface area contributed by atoms with Crippen molar-refractivity contribution in [1.29, 1.82) is 0 Å². The van der Waals surface area contributed by atoms with Gasteiger partial charge in [-0.25, -0.2) is 0 Å². The zero-order valence-electron chi connectivity index (χ0n) is 12.4. The number of carboxylic acid groups (broad SMARTS) is 1. The molecule has 0 spiro atoms. The van der Waals surface area contributed by atoms with E-state index in [4.69, 9.17) is 5.11 Å². The van der Waals surface area contributed by atoms with Crippen LogP contribution in [0.25, 0.3) is 0 Å². The Morgan fingerprint density at radius 2 is 1.96 bits per heavy atom. The quantitative estimate of drug-likeness (QED) is 0.668. The molecule has 0 unspecified atom stereocenters. The van der Waals surface area contributed by atoms with Crippen LogP contribution in [0.4, 0.5) is 18.9 Å². The number of benzene rings is 1. The van der Waals surface area contributed by atoms with Crippen LogP contribution in [0, 0.1) is 28.9 Å². The van der Waals surface area contributed by atoms with E-state index in [0.717, 1.165) is 17.0 Å². The lowest BCUT2D eigenvalue weighted by atomic mass is 9.96. The molecule has 0 aliphatic carbocycles. The van der Waals surface area contributed by atoms with Gasteiger partial charge in [0.05, 0.1) is 16.8 Å². The van der Waals surface area contributed by atoms with E-state index >= 15 is 0 Å². The van der Waals surface area contributed by atoms with Gasteiger partial charge in [0.2, 0.25) is 0 Å². The van der Waals surface area contributed by atoms with Crippen LogP contribution in [-0.4, -0.2) is 46.1 Å². The van der Waals surface area contributed by atoms with Crippen molar-refractivity contribution >= 4 is 17.6 Å². The average molecular weight is 346 g/mol. The van der Waals surface area contributed by atoms with Gasteiger partial charge in [-0.05, 0) is 19.1 Å². The third-order valence-corrected chi connectivity index (χ3v) is 3.99. The normalized spacial score (nSPS) is 20.9. The van der Waals surface area contributed by atoms with Crippen LogP contribution >= 0.6 is 0 Å². The Morgan fingerprint density at radius 3 is 2.38 bits per heavy atom. The van der Waals surface area contributed by atoms with Crippen LogP contribution in [-0.2, 0) is 4.79 Å². The molecule has 1 fully saturated rings. The van der Waals surface area contributed by atoms with Gasteiger partial charge in [-0.15, -0.1) is 0 Å². The van der Waals surface area contributed by atoms with Crippen LogP contribution < -0.4 is 0 Å². The molecule has 0 saturated carbocycles. The van der Waals surface area contributed by atoms with E-state index < -0.39 is 47.9 Å². The number of carbonyl (C=O) groups is 2. The number of carbonyl (C=O) groups excluding carboxylic acids is 1. The maximum absolute atomic E-state index is 12.9. The molecule has 2 atom stereocenters. The molecule has 0 aromatic heterocycles. The van der Waals surface area contributed by atoms with Crippen molar-refractivity contribution in [1.82, 2.24) is 4.90 Å². The number of nitro benzene ring substituents is 1. The first kappa shape index (κ1) is 17.7. The summed E-state index contributed by atoms with van der Waals surface area (Å²) in [7, 11) is 0. The molecule has 1 N–H and O–H groups in total. The van der Waals surface area contributed by atoms with E-state index in [9.17, 15) is 32.9 Å². The van der Waals surface area contributed by atoms with Gasteiger partial charge in [-0.1, -0.05) is 0 Å². The average Bonchev–Trinajstić information content (AvgIpc) is 2.91. The number of likely N-dealkylation sites (tertiary alicyclic amines) is 1. The van der Waals surface area contributed by atoms with Crippen LogP contribution in [0.15, 0.2) is 18.2 Å². The molecule has 1 aromatic carbocycles. The molecule has 1 amide bonds. The number of rotatable bonds is 3. The number of hydrogen-bond donors (Lipinski definition) is 1. The largest absolute Gasteiger partial charge is 0.481 e. The fourth-order valence-corrected chi connectivity index (χ4v) is 2.73. The monoisotopic (exact) mass is 346 g/mol. The molecule has 1 saturated heterocycles. The van der Waals surface area contributed by atoms with Gasteiger partial charge < -0.3 is 10.0 Å². The SMILES string of the molecule is Cc1cc(C(=O)N2C[C@@H](C(F)(F)F)[C@H](C(=O)O)C2)ccc1[N+](=O)[O-]. The zero-order chi connectivity index (χ0) is 18.2. The van der Waals surface area contributed by atoms with Gasteiger partial charge in [-0.2, -0.15) is 13.2 Å². The Kier molecular flexibility index (Phi) is 4.50. The summed E-state index contributed by atoms with van der Waals surface area (Å²) >= 11 is 0. The Balaban J connectivity index is 2.26. The Morgan fingerprint density at radius 1 is 1.33 bits per heavy atom. The summed E-state index contributed by atoms with van der Waals surface area (Å²) in [5.74, 6) is -6.27. The third kappa shape index (κ3) is 3.31. The number of carboxylic acids is 1. The second-order valence-electron chi connectivity index (χ2n) is 5.56. The molecule has 10 heteroatoms. The highest BCUT2D eigenvalue weighted by molar-refractivity contribution is 5.95. The first-order valence-electron chi connectivity index (χ1n) is 6.86. The van der Waals surface area contributed by atoms with Crippen molar-refractivity contribution in [3.8, 4) is 0 Å². The lowest BCUT2D eigenvalue weighted by Gasteiger charge is -2.18. The number of amides is 1. The molecular weight excluding hydrogens is 333 g/mol. The van der Waals surface area contributed by atoms with E-state index in [1.807, 2.05) is 0 Å². The molecular formula is C14H13F3N2O5. The molecule has 130 valence electrons. The number of nitrogens with zero attached hydrogens (tertiary/aromatic N) is 2. The van der Waals surface area contributed by atoms with E-state index in [1.165, 1.54) is 13.0 Å². The number of nitro groups is 1. The smallest absolute Gasteiger partial charge is 0.394 e. The topological polar surface area (TPSA) is 101 Å². The maximum atomic E-state index is 12.9. The predicted molar refractivity (Wildman–Crippen MR) is 74.4 cm³/mol. The second kappa shape index (κ2) is 6.10. The lowest BCUT2D eigenvalue weighted by molar-refractivity contribution is -0.385. The van der Waals surface area contributed by atoms with Crippen molar-refractivity contribution in [3.63, 3.8) is 0 Å². The van der Waals surface area contributed by atoms with E-state index in [1.54, 1.807) is 0 Å². The highest BCUT2D eigenvalue weighted by Crippen LogP contribution is 2.38. The summed E-state index contributed by atoms with van der Waals surface area (Å²) in [6.45, 7) is 0.0845. The Labute approximate surface area is 133 Å². The summed E-state index contributed by atoms with van der Waals surface area (Å²) in [4.78, 5) is 34.3. The molecule has 0 bridgehead atoms. The maximum Gasteiger partial charge on any atom is 0.394 e. The van der Waals surface area contributed by atoms with Crippen molar-refractivity contribution < 1.29 is 32.8 Å². The number of halogens is 3. The summed E-state index contributed by atoms with van der Waals surface area (Å²) in [5.41, 5.74) is -0.0539. The standard InChI is InChI=1S/C14H13F3N2O5/c1-7-4-8(2-3-11(7)19(23)24)12(20)18-5-9(13(21)22)10(6-18)14(15,16)17/h2-4,9-10H,5-6H2,1H3,(H,21,22)/t9-,10-/m1/s1. The summed E-state index contributed by atoms with van der Waals surface area (Å²) in [5, 5.41) is 19.7. The first-order chi connectivity index (χ1) is 11.0. The molecule has 7 nitrogen and oxygen atoms in total. The van der Waals surface area contributed by atoms with E-state index in [2.05, 4.69) is 0 Å². The van der Waals surface area contributed by atoms with Crippen LogP contribution in [0.1, 0.15) is 15.9 Å². The molecule has 1 aromatic rings. The van der Waals surface area contributed by atoms with E-state index in [0.29, 0.717) is 0 Å². The molecule has 0 radical (unpaired) electrons. The minimum Gasteiger partial charge on any atom is -0.481 e. The van der Waals surface area contributed by atoms with Crippen LogP contribution in [0.5, 0.6) is 0 Å². The summed E-state index contributed by atoms with van der Waals surface area (Å²) in [6.07, 6.45) is -4.73. The second-order valence-corrected chi connectivity index (χ2v) is 5.56. The molecule has 1 heterocycles. The lowest BCUT2D eigenvalue weighted by Crippen LogP contribution is -2.34. The van der Waals surface area contributed by atoms with Gasteiger partial charge >= 0.3 is 12.1 Å². The number of aryl methyl sites for hydroxylation is 1. The first-order valence-corrected chi connectivity index (χ1v) is 6.86. The van der Waals surface area contributed by atoms with Gasteiger partial charge in [0.15, 0.2) is 0 Å². The molecule has 2 rings (SSSR count). The van der Waals surface area contributed by atoms with Crippen molar-refractivity contribution in [2.45, 2.75) is 13.1 Å². The summed E-state index contributed by atoms with van der Waals surface area (Å²) in [6, 6.07) is 3.44. The van der Waals surface area contributed by atoms with Gasteiger partial charge in [0.25, 0.3) is 11.6 Å². The fourth-order valence-electron chi connectivity index (χ4n) is 2.73. The van der Waals surface area contributed by atoms with Crippen LogP contribution in [0.3, 0.4) is 0 Å². The third-order valence-electron chi connectivity index (χ3n) is 3.99. The van der Waals surface area contributed by atoms with Gasteiger partial charge in [-0.3, -0.25) is 19.7 Å². The highest BCUT2D eigenvalue weighted by Gasteiger charge is 2.53. The number of aliphatic carboxylic acids is 1. The Bertz CT molecular complexity index is 704. The number of alkyl halides is 3. The minimum absolute atomic E-state index is 0.0231. The predicted octanol–water partition coefficient (Wildman–Crippen LogP) is 2.24. The molecule has 1 aliphatic heterocycles. The molecule has 24 heavy (non-hydrogen) atoms.